The van der Waals surface area contributed by atoms with E-state index in [-0.39, 0.29) is 26.9 Å². The number of anilines is 1. The Balaban J connectivity index is 1.43. The van der Waals surface area contributed by atoms with Crippen molar-refractivity contribution in [1.29, 1.82) is 0 Å². The Hall–Kier alpha value is -4.47. The highest BCUT2D eigenvalue weighted by Gasteiger charge is 2.41. The summed E-state index contributed by atoms with van der Waals surface area (Å²) in [4.78, 5) is 5.84. The van der Waals surface area contributed by atoms with E-state index in [1.54, 1.807) is 6.07 Å². The number of allylic oxidation sites excluding steroid dienone is 7. The second-order valence-corrected chi connectivity index (χ2v) is 21.4. The SMILES string of the molecule is CC1(C)C(/C=C/C2=C(Oc3ccc(S(=O)(=O)O)cc3)C(=C/C=C3/N(CCCCS(=O)(=O)O)c4ccc(S(=O)(=O)O)cc4C3(C)C)/CCC2)=Nc2ccc(S(=O)(=O)O)cc21. The summed E-state index contributed by atoms with van der Waals surface area (Å²) in [5.74, 6) is 0.290. The number of hydrogen-bond donors (Lipinski definition) is 4. The zero-order chi connectivity index (χ0) is 43.3. The molecule has 3 aliphatic rings. The third kappa shape index (κ3) is 9.62. The van der Waals surface area contributed by atoms with Crippen LogP contribution in [-0.2, 0) is 51.3 Å². The second kappa shape index (κ2) is 15.9. The highest BCUT2D eigenvalue weighted by Crippen LogP contribution is 2.49. The van der Waals surface area contributed by atoms with Gasteiger partial charge in [0.2, 0.25) is 0 Å². The molecule has 0 bridgehead atoms. The summed E-state index contributed by atoms with van der Waals surface area (Å²) < 4.78 is 139. The minimum Gasteiger partial charge on any atom is -0.457 e. The van der Waals surface area contributed by atoms with E-state index in [1.165, 1.54) is 54.6 Å². The van der Waals surface area contributed by atoms with E-state index in [2.05, 4.69) is 0 Å². The molecule has 0 fully saturated rings. The first-order chi connectivity index (χ1) is 27.3. The number of ether oxygens (including phenoxy) is 1. The van der Waals surface area contributed by atoms with Gasteiger partial charge in [-0.05, 0) is 127 Å². The van der Waals surface area contributed by atoms with Crippen molar-refractivity contribution < 1.29 is 56.6 Å². The van der Waals surface area contributed by atoms with Gasteiger partial charge in [-0.3, -0.25) is 23.2 Å². The van der Waals surface area contributed by atoms with Crippen LogP contribution in [0.1, 0.15) is 70.9 Å². The lowest BCUT2D eigenvalue weighted by Gasteiger charge is -2.27. The predicted octanol–water partition coefficient (Wildman–Crippen LogP) is 7.14. The molecule has 2 aliphatic heterocycles. The Morgan fingerprint density at radius 1 is 0.695 bits per heavy atom. The van der Waals surface area contributed by atoms with Crippen LogP contribution in [0.2, 0.25) is 0 Å². The van der Waals surface area contributed by atoms with E-state index in [0.29, 0.717) is 66.2 Å². The van der Waals surface area contributed by atoms with Crippen LogP contribution in [0, 0.1) is 0 Å². The number of unbranched alkanes of at least 4 members (excludes halogenated alkanes) is 1. The van der Waals surface area contributed by atoms with Crippen molar-refractivity contribution in [2.24, 2.45) is 4.99 Å². The van der Waals surface area contributed by atoms with Gasteiger partial charge < -0.3 is 9.64 Å². The fourth-order valence-corrected chi connectivity index (χ4v) is 9.61. The van der Waals surface area contributed by atoms with Crippen molar-refractivity contribution in [3.8, 4) is 5.75 Å². The third-order valence-electron chi connectivity index (χ3n) is 10.7. The van der Waals surface area contributed by atoms with E-state index in [0.717, 1.165) is 16.8 Å². The van der Waals surface area contributed by atoms with Crippen LogP contribution in [-0.4, -0.2) is 69.9 Å². The average molecular weight is 889 g/mol. The number of nitrogens with zero attached hydrogens (tertiary/aromatic N) is 2. The lowest BCUT2D eigenvalue weighted by molar-refractivity contribution is 0.415. The molecule has 316 valence electrons. The molecule has 1 aliphatic carbocycles. The standard InChI is InChI=1S/C40H44N2O13S4/c1-39(2)32-24-30(58(49,50)51)16-18-34(32)41-36(39)20-10-26-8-7-9-27(38(26)55-28-12-14-29(15-13-28)57(46,47)48)11-21-37-40(3,4)33-25-31(59(52,53)54)17-19-35(33)42(37)22-5-6-23-56(43,44)45/h10-21,24-25H,5-9,22-23H2,1-4H3,(H,43,44,45)(H,46,47,48)(H,49,50,51)(H,52,53,54)/b20-10+,27-11+,37-21+. The van der Waals surface area contributed by atoms with Gasteiger partial charge in [-0.1, -0.05) is 39.8 Å². The highest BCUT2D eigenvalue weighted by atomic mass is 32.2. The first-order valence-electron chi connectivity index (χ1n) is 18.4. The average Bonchev–Trinajstić information content (AvgIpc) is 3.51. The number of aliphatic imine (C=N–C) groups is 1. The normalized spacial score (nSPS) is 19.4. The largest absolute Gasteiger partial charge is 0.457 e. The van der Waals surface area contributed by atoms with Crippen LogP contribution in [0.4, 0.5) is 11.4 Å². The molecule has 6 rings (SSSR count). The first-order valence-corrected chi connectivity index (χ1v) is 24.3. The van der Waals surface area contributed by atoms with Crippen molar-refractivity contribution in [1.82, 2.24) is 0 Å². The molecule has 0 unspecified atom stereocenters. The molecule has 0 saturated heterocycles. The molecule has 4 N–H and O–H groups in total. The van der Waals surface area contributed by atoms with Gasteiger partial charge in [0.15, 0.2) is 0 Å². The van der Waals surface area contributed by atoms with Gasteiger partial charge in [0.05, 0.1) is 31.8 Å². The van der Waals surface area contributed by atoms with Crippen molar-refractivity contribution in [3.05, 3.63) is 119 Å². The van der Waals surface area contributed by atoms with Gasteiger partial charge in [0, 0.05) is 28.8 Å². The molecule has 3 aromatic rings. The maximum absolute atomic E-state index is 12.1. The molecule has 15 nitrogen and oxygen atoms in total. The second-order valence-electron chi connectivity index (χ2n) is 15.5. The summed E-state index contributed by atoms with van der Waals surface area (Å²) in [7, 11) is -17.7. The summed E-state index contributed by atoms with van der Waals surface area (Å²) in [6, 6.07) is 13.7. The topological polar surface area (TPSA) is 242 Å². The van der Waals surface area contributed by atoms with Crippen molar-refractivity contribution in [2.45, 2.75) is 85.3 Å². The molecule has 59 heavy (non-hydrogen) atoms. The number of fused-ring (bicyclic) bond motifs is 2. The molecule has 0 amide bonds. The quantitative estimate of drug-likeness (QED) is 0.0985. The fraction of sp³-hybridized carbons (Fsp3) is 0.325. The van der Waals surface area contributed by atoms with Crippen LogP contribution in [0.15, 0.2) is 127 Å². The monoisotopic (exact) mass is 888 g/mol. The van der Waals surface area contributed by atoms with E-state index in [9.17, 15) is 51.9 Å². The lowest BCUT2D eigenvalue weighted by atomic mass is 9.81. The minimum absolute atomic E-state index is 0.157. The molecule has 3 aromatic carbocycles. The van der Waals surface area contributed by atoms with Crippen LogP contribution in [0.5, 0.6) is 5.75 Å². The van der Waals surface area contributed by atoms with Gasteiger partial charge in [0.1, 0.15) is 11.5 Å². The smallest absolute Gasteiger partial charge is 0.294 e. The molecule has 0 radical (unpaired) electrons. The molecular formula is C40H44N2O13S4. The molecule has 2 heterocycles. The fourth-order valence-electron chi connectivity index (χ4n) is 7.55. The van der Waals surface area contributed by atoms with Crippen LogP contribution < -0.4 is 9.64 Å². The molecule has 0 aromatic heterocycles. The zero-order valence-corrected chi connectivity index (χ0v) is 35.8. The number of rotatable bonds is 13. The van der Waals surface area contributed by atoms with E-state index in [1.807, 2.05) is 56.9 Å². The van der Waals surface area contributed by atoms with Gasteiger partial charge in [-0.2, -0.15) is 33.7 Å². The summed E-state index contributed by atoms with van der Waals surface area (Å²) in [6.07, 6.45) is 9.72. The maximum atomic E-state index is 12.1. The van der Waals surface area contributed by atoms with E-state index >= 15 is 0 Å². The van der Waals surface area contributed by atoms with Crippen LogP contribution in [0.3, 0.4) is 0 Å². The molecule has 0 atom stereocenters. The third-order valence-corrected chi connectivity index (χ3v) is 14.1. The Morgan fingerprint density at radius 3 is 1.90 bits per heavy atom. The molecule has 0 saturated carbocycles. The Kier molecular flexibility index (Phi) is 11.8. The van der Waals surface area contributed by atoms with E-state index < -0.39 is 57.1 Å². The zero-order valence-electron chi connectivity index (χ0n) is 32.5. The molecule has 19 heteroatoms. The van der Waals surface area contributed by atoms with Gasteiger partial charge in [-0.15, -0.1) is 0 Å². The summed E-state index contributed by atoms with van der Waals surface area (Å²) >= 11 is 0. The highest BCUT2D eigenvalue weighted by molar-refractivity contribution is 7.86. The van der Waals surface area contributed by atoms with Gasteiger partial charge >= 0.3 is 0 Å². The van der Waals surface area contributed by atoms with Crippen LogP contribution >= 0.6 is 0 Å². The van der Waals surface area contributed by atoms with Crippen molar-refractivity contribution >= 4 is 57.6 Å². The minimum atomic E-state index is -4.54. The van der Waals surface area contributed by atoms with Crippen molar-refractivity contribution in [2.75, 3.05) is 17.2 Å². The lowest BCUT2D eigenvalue weighted by Crippen LogP contribution is -2.27. The van der Waals surface area contributed by atoms with Gasteiger partial charge in [0.25, 0.3) is 40.5 Å². The number of benzene rings is 3. The predicted molar refractivity (Wildman–Crippen MR) is 222 cm³/mol. The van der Waals surface area contributed by atoms with E-state index in [4.69, 9.17) is 9.73 Å². The van der Waals surface area contributed by atoms with Gasteiger partial charge in [-0.25, -0.2) is 0 Å². The van der Waals surface area contributed by atoms with Crippen molar-refractivity contribution in [3.63, 3.8) is 0 Å². The molecular weight excluding hydrogens is 845 g/mol. The summed E-state index contributed by atoms with van der Waals surface area (Å²) in [5, 5.41) is 0. The Labute approximate surface area is 344 Å². The number of hydrogen-bond acceptors (Lipinski definition) is 11. The molecule has 0 spiro atoms. The summed E-state index contributed by atoms with van der Waals surface area (Å²) in [5.41, 5.74) is 3.68. The Bertz CT molecular complexity index is 2820. The maximum Gasteiger partial charge on any atom is 0.294 e. The van der Waals surface area contributed by atoms with Crippen LogP contribution in [0.25, 0.3) is 0 Å². The Morgan fingerprint density at radius 2 is 1.29 bits per heavy atom. The summed E-state index contributed by atoms with van der Waals surface area (Å²) in [6.45, 7) is 7.85. The first kappa shape index (κ1) is 44.1.